The molecule has 1 amide bonds. The van der Waals surface area contributed by atoms with Gasteiger partial charge >= 0.3 is 5.97 Å². The summed E-state index contributed by atoms with van der Waals surface area (Å²) in [4.78, 5) is 25.2. The molecular formula is C16H20FNO3. The average Bonchev–Trinajstić information content (AvgIpc) is 2.46. The Morgan fingerprint density at radius 1 is 1.29 bits per heavy atom. The lowest BCUT2D eigenvalue weighted by molar-refractivity contribution is -0.152. The van der Waals surface area contributed by atoms with Gasteiger partial charge in [0.2, 0.25) is 5.91 Å². The van der Waals surface area contributed by atoms with Crippen LogP contribution in [0.3, 0.4) is 0 Å². The summed E-state index contributed by atoms with van der Waals surface area (Å²) in [6.07, 6.45) is 2.91. The van der Waals surface area contributed by atoms with Gasteiger partial charge in [-0.25, -0.2) is 4.39 Å². The number of aliphatic carboxylic acids is 1. The molecular weight excluding hydrogens is 273 g/mol. The third-order valence-corrected chi connectivity index (χ3v) is 4.09. The molecule has 0 aromatic heterocycles. The van der Waals surface area contributed by atoms with E-state index in [-0.39, 0.29) is 11.7 Å². The normalized spacial score (nSPS) is 21.8. The van der Waals surface area contributed by atoms with E-state index < -0.39 is 17.8 Å². The van der Waals surface area contributed by atoms with E-state index in [1.807, 2.05) is 0 Å². The van der Waals surface area contributed by atoms with Crippen molar-refractivity contribution in [3.63, 3.8) is 0 Å². The van der Waals surface area contributed by atoms with Gasteiger partial charge in [-0.1, -0.05) is 25.0 Å². The van der Waals surface area contributed by atoms with Crippen LogP contribution in [0.2, 0.25) is 0 Å². The summed E-state index contributed by atoms with van der Waals surface area (Å²) in [5.74, 6) is -2.45. The molecule has 5 heteroatoms. The zero-order valence-electron chi connectivity index (χ0n) is 12.1. The average molecular weight is 293 g/mol. The van der Waals surface area contributed by atoms with Gasteiger partial charge in [-0.15, -0.1) is 0 Å². The molecule has 1 aromatic carbocycles. The Balaban J connectivity index is 2.05. The predicted molar refractivity (Wildman–Crippen MR) is 76.0 cm³/mol. The van der Waals surface area contributed by atoms with E-state index in [1.54, 1.807) is 19.2 Å². The van der Waals surface area contributed by atoms with E-state index in [1.165, 1.54) is 17.0 Å². The molecule has 114 valence electrons. The number of hydrogen-bond acceptors (Lipinski definition) is 2. The van der Waals surface area contributed by atoms with Gasteiger partial charge < -0.3 is 10.0 Å². The van der Waals surface area contributed by atoms with E-state index in [0.717, 1.165) is 12.8 Å². The van der Waals surface area contributed by atoms with Crippen molar-refractivity contribution in [3.05, 3.63) is 35.6 Å². The lowest BCUT2D eigenvalue weighted by Crippen LogP contribution is -2.40. The van der Waals surface area contributed by atoms with Crippen LogP contribution in [-0.4, -0.2) is 28.9 Å². The van der Waals surface area contributed by atoms with Crippen LogP contribution in [0, 0.1) is 17.7 Å². The summed E-state index contributed by atoms with van der Waals surface area (Å²) < 4.78 is 13.2. The van der Waals surface area contributed by atoms with Crippen LogP contribution < -0.4 is 0 Å². The minimum absolute atomic E-state index is 0.161. The molecule has 0 saturated heterocycles. The number of carboxylic acids is 1. The minimum atomic E-state index is -0.896. The third kappa shape index (κ3) is 3.80. The fourth-order valence-corrected chi connectivity index (χ4v) is 2.99. The van der Waals surface area contributed by atoms with E-state index >= 15 is 0 Å². The first-order chi connectivity index (χ1) is 9.99. The number of benzene rings is 1. The second kappa shape index (κ2) is 6.70. The van der Waals surface area contributed by atoms with Crippen molar-refractivity contribution < 1.29 is 19.1 Å². The van der Waals surface area contributed by atoms with Gasteiger partial charge in [-0.05, 0) is 30.5 Å². The molecule has 1 N–H and O–H groups in total. The van der Waals surface area contributed by atoms with Crippen LogP contribution in [0.25, 0.3) is 0 Å². The number of rotatable bonds is 4. The molecule has 1 aliphatic carbocycles. The first-order valence-corrected chi connectivity index (χ1v) is 7.21. The summed E-state index contributed by atoms with van der Waals surface area (Å²) in [7, 11) is 1.64. The van der Waals surface area contributed by atoms with Crippen molar-refractivity contribution in [3.8, 4) is 0 Å². The summed E-state index contributed by atoms with van der Waals surface area (Å²) in [5, 5.41) is 9.25. The van der Waals surface area contributed by atoms with Gasteiger partial charge in [-0.2, -0.15) is 0 Å². The molecule has 2 rings (SSSR count). The van der Waals surface area contributed by atoms with E-state index in [4.69, 9.17) is 0 Å². The zero-order valence-corrected chi connectivity index (χ0v) is 12.1. The molecule has 1 aromatic rings. The van der Waals surface area contributed by atoms with Gasteiger partial charge in [0.25, 0.3) is 0 Å². The molecule has 0 spiro atoms. The first-order valence-electron chi connectivity index (χ1n) is 7.21. The van der Waals surface area contributed by atoms with E-state index in [2.05, 4.69) is 0 Å². The molecule has 0 bridgehead atoms. The Morgan fingerprint density at radius 3 is 2.57 bits per heavy atom. The minimum Gasteiger partial charge on any atom is -0.481 e. The molecule has 1 aliphatic rings. The fraction of sp³-hybridized carbons (Fsp3) is 0.500. The second-order valence-electron chi connectivity index (χ2n) is 5.66. The maximum absolute atomic E-state index is 13.2. The van der Waals surface area contributed by atoms with E-state index in [0.29, 0.717) is 24.9 Å². The smallest absolute Gasteiger partial charge is 0.307 e. The molecule has 2 unspecified atom stereocenters. The van der Waals surface area contributed by atoms with E-state index in [9.17, 15) is 19.1 Å². The largest absolute Gasteiger partial charge is 0.481 e. The molecule has 2 atom stereocenters. The highest BCUT2D eigenvalue weighted by Crippen LogP contribution is 2.31. The SMILES string of the molecule is CN(Cc1cccc(F)c1)C(=O)C1CCCCC1C(=O)O. The van der Waals surface area contributed by atoms with Crippen molar-refractivity contribution in [2.45, 2.75) is 32.2 Å². The maximum Gasteiger partial charge on any atom is 0.307 e. The summed E-state index contributed by atoms with van der Waals surface area (Å²) in [5.41, 5.74) is 0.702. The standard InChI is InChI=1S/C16H20FNO3/c1-18(10-11-5-4-6-12(17)9-11)15(19)13-7-2-3-8-14(13)16(20)21/h4-6,9,13-14H,2-3,7-8,10H2,1H3,(H,20,21). The first kappa shape index (κ1) is 15.5. The fourth-order valence-electron chi connectivity index (χ4n) is 2.99. The van der Waals surface area contributed by atoms with Crippen molar-refractivity contribution in [2.24, 2.45) is 11.8 Å². The zero-order chi connectivity index (χ0) is 15.4. The number of carboxylic acid groups (broad SMARTS) is 1. The van der Waals surface area contributed by atoms with Crippen LogP contribution in [0.4, 0.5) is 4.39 Å². The van der Waals surface area contributed by atoms with Crippen LogP contribution in [-0.2, 0) is 16.1 Å². The molecule has 4 nitrogen and oxygen atoms in total. The van der Waals surface area contributed by atoms with Crippen molar-refractivity contribution in [1.29, 1.82) is 0 Å². The molecule has 0 heterocycles. The molecule has 1 fully saturated rings. The number of amides is 1. The van der Waals surface area contributed by atoms with Gasteiger partial charge in [0.05, 0.1) is 11.8 Å². The molecule has 0 radical (unpaired) electrons. The Bertz CT molecular complexity index is 532. The highest BCUT2D eigenvalue weighted by molar-refractivity contribution is 5.84. The van der Waals surface area contributed by atoms with Gasteiger partial charge in [0, 0.05) is 13.6 Å². The third-order valence-electron chi connectivity index (χ3n) is 4.09. The van der Waals surface area contributed by atoms with Gasteiger partial charge in [0.1, 0.15) is 5.82 Å². The monoisotopic (exact) mass is 293 g/mol. The number of carbonyl (C=O) groups excluding carboxylic acids is 1. The summed E-state index contributed by atoms with van der Waals surface area (Å²) in [6, 6.07) is 6.10. The lowest BCUT2D eigenvalue weighted by Gasteiger charge is -2.31. The van der Waals surface area contributed by atoms with Gasteiger partial charge in [0.15, 0.2) is 0 Å². The number of hydrogen-bond donors (Lipinski definition) is 1. The quantitative estimate of drug-likeness (QED) is 0.928. The Hall–Kier alpha value is -1.91. The van der Waals surface area contributed by atoms with Crippen LogP contribution in [0.15, 0.2) is 24.3 Å². The van der Waals surface area contributed by atoms with Crippen molar-refractivity contribution >= 4 is 11.9 Å². The van der Waals surface area contributed by atoms with Crippen molar-refractivity contribution in [1.82, 2.24) is 4.90 Å². The molecule has 1 saturated carbocycles. The van der Waals surface area contributed by atoms with Crippen LogP contribution in [0.1, 0.15) is 31.2 Å². The maximum atomic E-state index is 13.2. The van der Waals surface area contributed by atoms with Crippen LogP contribution in [0.5, 0.6) is 0 Å². The molecule has 0 aliphatic heterocycles. The Labute approximate surface area is 123 Å². The Morgan fingerprint density at radius 2 is 1.95 bits per heavy atom. The van der Waals surface area contributed by atoms with Crippen LogP contribution >= 0.6 is 0 Å². The summed E-state index contributed by atoms with van der Waals surface area (Å²) in [6.45, 7) is 0.291. The van der Waals surface area contributed by atoms with Gasteiger partial charge in [-0.3, -0.25) is 9.59 Å². The Kier molecular flexibility index (Phi) is 4.94. The number of halogens is 1. The molecule has 21 heavy (non-hydrogen) atoms. The number of carbonyl (C=O) groups is 2. The highest BCUT2D eigenvalue weighted by Gasteiger charge is 2.36. The topological polar surface area (TPSA) is 57.6 Å². The highest BCUT2D eigenvalue weighted by atomic mass is 19.1. The second-order valence-corrected chi connectivity index (χ2v) is 5.66. The summed E-state index contributed by atoms with van der Waals surface area (Å²) >= 11 is 0. The van der Waals surface area contributed by atoms with Crippen molar-refractivity contribution in [2.75, 3.05) is 7.05 Å². The lowest BCUT2D eigenvalue weighted by atomic mass is 9.78. The predicted octanol–water partition coefficient (Wildman–Crippen LogP) is 2.68. The number of nitrogens with zero attached hydrogens (tertiary/aromatic N) is 1.